The number of amides is 1. The Morgan fingerprint density at radius 2 is 1.47 bits per heavy atom. The van der Waals surface area contributed by atoms with Crippen molar-refractivity contribution in [1.29, 1.82) is 0 Å². The van der Waals surface area contributed by atoms with Crippen LogP contribution in [0.3, 0.4) is 0 Å². The number of carbonyl (C=O) groups excluding carboxylic acids is 1. The molecule has 0 aromatic carbocycles. The van der Waals surface area contributed by atoms with Crippen LogP contribution in [0.5, 0.6) is 0 Å². The second-order valence-electron chi connectivity index (χ2n) is 6.39. The molecule has 0 saturated carbocycles. The minimum absolute atomic E-state index is 0.0350. The van der Waals surface area contributed by atoms with E-state index in [9.17, 15) is 4.79 Å². The standard InChI is InChI=1S/C15H31NO/c1-8-10-15(7,11-9-2)16-13(17)14(5,6)12(3)4/h12H,8-11H2,1-7H3,(H,16,17). The van der Waals surface area contributed by atoms with Crippen LogP contribution < -0.4 is 5.32 Å². The predicted molar refractivity (Wildman–Crippen MR) is 75.0 cm³/mol. The normalized spacial score (nSPS) is 12.9. The summed E-state index contributed by atoms with van der Waals surface area (Å²) in [6, 6.07) is 0. The van der Waals surface area contributed by atoms with Gasteiger partial charge in [-0.25, -0.2) is 0 Å². The highest BCUT2D eigenvalue weighted by atomic mass is 16.2. The summed E-state index contributed by atoms with van der Waals surface area (Å²) in [6.07, 6.45) is 4.33. The summed E-state index contributed by atoms with van der Waals surface area (Å²) >= 11 is 0. The molecule has 1 N–H and O–H groups in total. The molecule has 17 heavy (non-hydrogen) atoms. The fraction of sp³-hybridized carbons (Fsp3) is 0.933. The molecule has 0 atom stereocenters. The molecule has 102 valence electrons. The molecular formula is C15H31NO. The first kappa shape index (κ1) is 16.5. The van der Waals surface area contributed by atoms with Gasteiger partial charge >= 0.3 is 0 Å². The molecule has 0 unspecified atom stereocenters. The van der Waals surface area contributed by atoms with Crippen molar-refractivity contribution in [3.8, 4) is 0 Å². The Morgan fingerprint density at radius 1 is 1.06 bits per heavy atom. The molecule has 0 aliphatic rings. The lowest BCUT2D eigenvalue weighted by atomic mass is 9.79. The summed E-state index contributed by atoms with van der Waals surface area (Å²) in [5.41, 5.74) is -0.324. The van der Waals surface area contributed by atoms with Crippen LogP contribution in [-0.4, -0.2) is 11.4 Å². The number of nitrogens with one attached hydrogen (secondary N) is 1. The maximum absolute atomic E-state index is 12.4. The van der Waals surface area contributed by atoms with Gasteiger partial charge in [0, 0.05) is 11.0 Å². The van der Waals surface area contributed by atoms with E-state index in [2.05, 4.69) is 39.9 Å². The van der Waals surface area contributed by atoms with Crippen molar-refractivity contribution in [1.82, 2.24) is 5.32 Å². The van der Waals surface area contributed by atoms with E-state index in [1.807, 2.05) is 13.8 Å². The van der Waals surface area contributed by atoms with E-state index in [1.165, 1.54) is 0 Å². The summed E-state index contributed by atoms with van der Waals surface area (Å²) < 4.78 is 0. The second-order valence-corrected chi connectivity index (χ2v) is 6.39. The van der Waals surface area contributed by atoms with Crippen LogP contribution in [0.15, 0.2) is 0 Å². The van der Waals surface area contributed by atoms with Gasteiger partial charge < -0.3 is 5.32 Å². The molecule has 0 aromatic rings. The number of carbonyl (C=O) groups is 1. The largest absolute Gasteiger partial charge is 0.350 e. The van der Waals surface area contributed by atoms with Crippen LogP contribution in [0.25, 0.3) is 0 Å². The Hall–Kier alpha value is -0.530. The van der Waals surface area contributed by atoms with Crippen LogP contribution in [0, 0.1) is 11.3 Å². The highest BCUT2D eigenvalue weighted by Gasteiger charge is 2.35. The lowest BCUT2D eigenvalue weighted by Gasteiger charge is -2.36. The quantitative estimate of drug-likeness (QED) is 0.713. The number of hydrogen-bond acceptors (Lipinski definition) is 1. The van der Waals surface area contributed by atoms with Crippen molar-refractivity contribution in [3.63, 3.8) is 0 Å². The van der Waals surface area contributed by atoms with Gasteiger partial charge in [-0.1, -0.05) is 54.4 Å². The van der Waals surface area contributed by atoms with E-state index in [0.717, 1.165) is 25.7 Å². The smallest absolute Gasteiger partial charge is 0.226 e. The van der Waals surface area contributed by atoms with Crippen LogP contribution in [0.2, 0.25) is 0 Å². The molecule has 2 nitrogen and oxygen atoms in total. The third-order valence-corrected chi connectivity index (χ3v) is 4.05. The summed E-state index contributed by atoms with van der Waals surface area (Å²) in [5.74, 6) is 0.548. The van der Waals surface area contributed by atoms with E-state index in [1.54, 1.807) is 0 Å². The zero-order chi connectivity index (χ0) is 13.7. The maximum Gasteiger partial charge on any atom is 0.226 e. The molecule has 0 spiro atoms. The van der Waals surface area contributed by atoms with Gasteiger partial charge in [0.25, 0.3) is 0 Å². The van der Waals surface area contributed by atoms with Gasteiger partial charge in [0.1, 0.15) is 0 Å². The highest BCUT2D eigenvalue weighted by molar-refractivity contribution is 5.82. The van der Waals surface area contributed by atoms with Crippen LogP contribution in [0.4, 0.5) is 0 Å². The second kappa shape index (κ2) is 6.42. The fourth-order valence-electron chi connectivity index (χ4n) is 2.05. The zero-order valence-electron chi connectivity index (χ0n) is 12.8. The van der Waals surface area contributed by atoms with Crippen molar-refractivity contribution < 1.29 is 4.79 Å². The molecule has 2 heteroatoms. The first-order chi connectivity index (χ1) is 7.69. The maximum atomic E-state index is 12.4. The Labute approximate surface area is 108 Å². The third-order valence-electron chi connectivity index (χ3n) is 4.05. The molecule has 0 fully saturated rings. The van der Waals surface area contributed by atoms with Gasteiger partial charge in [-0.05, 0) is 25.7 Å². The van der Waals surface area contributed by atoms with Crippen molar-refractivity contribution in [2.45, 2.75) is 79.7 Å². The molecule has 0 rings (SSSR count). The molecule has 0 saturated heterocycles. The molecule has 1 amide bonds. The van der Waals surface area contributed by atoms with E-state index in [0.29, 0.717) is 5.92 Å². The van der Waals surface area contributed by atoms with Crippen molar-refractivity contribution >= 4 is 5.91 Å². The Bertz CT molecular complexity index is 237. The van der Waals surface area contributed by atoms with E-state index >= 15 is 0 Å². The van der Waals surface area contributed by atoms with Gasteiger partial charge in [0.05, 0.1) is 0 Å². The van der Waals surface area contributed by atoms with Gasteiger partial charge in [0.15, 0.2) is 0 Å². The highest BCUT2D eigenvalue weighted by Crippen LogP contribution is 2.28. The predicted octanol–water partition coefficient (Wildman–Crippen LogP) is 4.14. The lowest BCUT2D eigenvalue weighted by Crippen LogP contribution is -2.51. The lowest BCUT2D eigenvalue weighted by molar-refractivity contribution is -0.133. The van der Waals surface area contributed by atoms with Crippen LogP contribution >= 0.6 is 0 Å². The van der Waals surface area contributed by atoms with Gasteiger partial charge in [0.2, 0.25) is 5.91 Å². The number of rotatable bonds is 7. The van der Waals surface area contributed by atoms with E-state index in [-0.39, 0.29) is 16.9 Å². The summed E-state index contributed by atoms with van der Waals surface area (Å²) in [4.78, 5) is 12.4. The average molecular weight is 241 g/mol. The zero-order valence-corrected chi connectivity index (χ0v) is 12.8. The van der Waals surface area contributed by atoms with E-state index < -0.39 is 0 Å². The molecule has 0 heterocycles. The van der Waals surface area contributed by atoms with Crippen molar-refractivity contribution in [2.24, 2.45) is 11.3 Å². The summed E-state index contributed by atoms with van der Waals surface area (Å²) in [7, 11) is 0. The van der Waals surface area contributed by atoms with Gasteiger partial charge in [-0.3, -0.25) is 4.79 Å². The SMILES string of the molecule is CCCC(C)(CCC)NC(=O)C(C)(C)C(C)C. The van der Waals surface area contributed by atoms with Gasteiger partial charge in [-0.15, -0.1) is 0 Å². The third kappa shape index (κ3) is 4.69. The van der Waals surface area contributed by atoms with Crippen molar-refractivity contribution in [3.05, 3.63) is 0 Å². The first-order valence-corrected chi connectivity index (χ1v) is 7.02. The molecular weight excluding hydrogens is 210 g/mol. The summed E-state index contributed by atoms with van der Waals surface area (Å²) in [6.45, 7) is 14.8. The molecule has 0 radical (unpaired) electrons. The molecule has 0 aromatic heterocycles. The minimum atomic E-state index is -0.289. The number of hydrogen-bond donors (Lipinski definition) is 1. The fourth-order valence-corrected chi connectivity index (χ4v) is 2.05. The van der Waals surface area contributed by atoms with E-state index in [4.69, 9.17) is 0 Å². The summed E-state index contributed by atoms with van der Waals surface area (Å²) in [5, 5.41) is 3.28. The first-order valence-electron chi connectivity index (χ1n) is 7.02. The Kier molecular flexibility index (Phi) is 6.22. The van der Waals surface area contributed by atoms with Crippen LogP contribution in [0.1, 0.15) is 74.1 Å². The van der Waals surface area contributed by atoms with Crippen LogP contribution in [-0.2, 0) is 4.79 Å². The topological polar surface area (TPSA) is 29.1 Å². The molecule has 0 aliphatic heterocycles. The van der Waals surface area contributed by atoms with Gasteiger partial charge in [-0.2, -0.15) is 0 Å². The Balaban J connectivity index is 4.72. The molecule has 0 bridgehead atoms. The minimum Gasteiger partial charge on any atom is -0.350 e. The Morgan fingerprint density at radius 3 is 1.76 bits per heavy atom. The monoisotopic (exact) mass is 241 g/mol. The molecule has 0 aliphatic carbocycles. The van der Waals surface area contributed by atoms with Crippen molar-refractivity contribution in [2.75, 3.05) is 0 Å². The average Bonchev–Trinajstić information content (AvgIpc) is 2.17.